The largest absolute Gasteiger partial charge is 0.271 e. The fraction of sp³-hybridized carbons (Fsp3) is 0.444. The summed E-state index contributed by atoms with van der Waals surface area (Å²) < 4.78 is 0. The maximum absolute atomic E-state index is 13.1. The topological polar surface area (TPSA) is 53.3 Å². The Morgan fingerprint density at radius 1 is 1.45 bits per heavy atom. The third-order valence-electron chi connectivity index (χ3n) is 4.85. The van der Waals surface area contributed by atoms with E-state index in [1.54, 1.807) is 6.08 Å². The molecule has 4 heteroatoms. The maximum Gasteiger partial charge on any atom is 0.260 e. The summed E-state index contributed by atoms with van der Waals surface area (Å²) in [5, 5.41) is 10.5. The fourth-order valence-corrected chi connectivity index (χ4v) is 3.83. The van der Waals surface area contributed by atoms with Crippen molar-refractivity contribution < 1.29 is 9.63 Å². The van der Waals surface area contributed by atoms with Gasteiger partial charge in [-0.3, -0.25) is 9.63 Å². The van der Waals surface area contributed by atoms with E-state index in [0.717, 1.165) is 24.9 Å². The molecule has 0 aromatic heterocycles. The Morgan fingerprint density at radius 3 is 2.91 bits per heavy atom. The predicted molar refractivity (Wildman–Crippen MR) is 83.6 cm³/mol. The Bertz CT molecular complexity index is 607. The first-order valence-corrected chi connectivity index (χ1v) is 7.77. The van der Waals surface area contributed by atoms with Crippen LogP contribution < -0.4 is 5.06 Å². The van der Waals surface area contributed by atoms with Gasteiger partial charge in [-0.15, -0.1) is 6.58 Å². The minimum Gasteiger partial charge on any atom is -0.271 e. The predicted octanol–water partition coefficient (Wildman–Crippen LogP) is 3.61. The van der Waals surface area contributed by atoms with Crippen molar-refractivity contribution in [1.29, 1.82) is 5.26 Å². The maximum atomic E-state index is 13.1. The average molecular weight is 296 g/mol. The van der Waals surface area contributed by atoms with E-state index in [9.17, 15) is 4.79 Å². The number of rotatable bonds is 4. The summed E-state index contributed by atoms with van der Waals surface area (Å²) in [5.41, 5.74) is 0.193. The Balaban J connectivity index is 1.98. The van der Waals surface area contributed by atoms with Gasteiger partial charge in [-0.25, -0.2) is 0 Å². The molecular weight excluding hydrogens is 276 g/mol. The number of nitriles is 1. The zero-order valence-electron chi connectivity index (χ0n) is 12.6. The molecule has 1 saturated carbocycles. The highest BCUT2D eigenvalue weighted by Crippen LogP contribution is 2.51. The van der Waals surface area contributed by atoms with Crippen LogP contribution in [-0.2, 0) is 9.63 Å². The van der Waals surface area contributed by atoms with E-state index in [0.29, 0.717) is 12.8 Å². The van der Waals surface area contributed by atoms with Crippen molar-refractivity contribution in [3.05, 3.63) is 43.0 Å². The third kappa shape index (κ3) is 2.22. The summed E-state index contributed by atoms with van der Waals surface area (Å²) in [5.74, 6) is 0.114. The summed E-state index contributed by atoms with van der Waals surface area (Å²) in [4.78, 5) is 19.1. The monoisotopic (exact) mass is 296 g/mol. The quantitative estimate of drug-likeness (QED) is 0.798. The highest BCUT2D eigenvalue weighted by molar-refractivity contribution is 5.98. The lowest BCUT2D eigenvalue weighted by Crippen LogP contribution is -2.44. The second kappa shape index (κ2) is 5.94. The molecule has 3 rings (SSSR count). The van der Waals surface area contributed by atoms with Crippen LogP contribution in [0, 0.1) is 22.7 Å². The number of anilines is 1. The minimum atomic E-state index is -0.558. The zero-order valence-corrected chi connectivity index (χ0v) is 12.6. The van der Waals surface area contributed by atoms with Gasteiger partial charge in [0.1, 0.15) is 6.10 Å². The van der Waals surface area contributed by atoms with Crippen LogP contribution in [0.4, 0.5) is 5.69 Å². The standard InChI is InChI=1S/C18H20N2O2/c1-2-11-18-12-6-7-14(10-13-19)16(18)22-20(17(18)21)15-8-4-3-5-9-15/h2-5,8-9,14,16H,1,6-7,10-12H2/t14?,16?,18-/m1/s1. The second-order valence-electron chi connectivity index (χ2n) is 6.12. The summed E-state index contributed by atoms with van der Waals surface area (Å²) in [6, 6.07) is 11.7. The van der Waals surface area contributed by atoms with Crippen molar-refractivity contribution in [3.63, 3.8) is 0 Å². The van der Waals surface area contributed by atoms with E-state index in [2.05, 4.69) is 12.6 Å². The number of hydrogen-bond acceptors (Lipinski definition) is 3. The van der Waals surface area contributed by atoms with Gasteiger partial charge < -0.3 is 0 Å². The van der Waals surface area contributed by atoms with Crippen molar-refractivity contribution in [2.45, 2.75) is 38.2 Å². The number of carbonyl (C=O) groups is 1. The molecule has 4 nitrogen and oxygen atoms in total. The molecule has 2 aliphatic rings. The van der Waals surface area contributed by atoms with Gasteiger partial charge in [0.05, 0.1) is 17.2 Å². The van der Waals surface area contributed by atoms with Crippen molar-refractivity contribution >= 4 is 11.6 Å². The van der Waals surface area contributed by atoms with Gasteiger partial charge in [-0.05, 0) is 31.4 Å². The number of carbonyl (C=O) groups excluding carboxylic acids is 1. The number of hydrogen-bond donors (Lipinski definition) is 0. The molecule has 3 atom stereocenters. The molecule has 1 aliphatic heterocycles. The summed E-state index contributed by atoms with van der Waals surface area (Å²) in [6.07, 6.45) is 5.29. The molecule has 1 aliphatic carbocycles. The van der Waals surface area contributed by atoms with Gasteiger partial charge >= 0.3 is 0 Å². The van der Waals surface area contributed by atoms with E-state index >= 15 is 0 Å². The van der Waals surface area contributed by atoms with Crippen molar-refractivity contribution in [2.24, 2.45) is 11.3 Å². The molecule has 2 fully saturated rings. The Morgan fingerprint density at radius 2 is 2.23 bits per heavy atom. The lowest BCUT2D eigenvalue weighted by atomic mass is 9.65. The van der Waals surface area contributed by atoms with Crippen LogP contribution in [0.5, 0.6) is 0 Å². The molecule has 1 heterocycles. The summed E-state index contributed by atoms with van der Waals surface area (Å²) in [6.45, 7) is 3.82. The molecule has 114 valence electrons. The normalized spacial score (nSPS) is 30.7. The molecular formula is C18H20N2O2. The number of para-hydroxylation sites is 1. The van der Waals surface area contributed by atoms with E-state index < -0.39 is 5.41 Å². The van der Waals surface area contributed by atoms with E-state index in [4.69, 9.17) is 10.1 Å². The molecule has 0 N–H and O–H groups in total. The number of nitrogens with zero attached hydrogens (tertiary/aromatic N) is 2. The van der Waals surface area contributed by atoms with Crippen LogP contribution in [0.3, 0.4) is 0 Å². The molecule has 1 saturated heterocycles. The van der Waals surface area contributed by atoms with Gasteiger partial charge in [-0.2, -0.15) is 10.3 Å². The lowest BCUT2D eigenvalue weighted by molar-refractivity contribution is -0.127. The number of allylic oxidation sites excluding steroid dienone is 1. The van der Waals surface area contributed by atoms with E-state index in [1.165, 1.54) is 5.06 Å². The van der Waals surface area contributed by atoms with Gasteiger partial charge in [0.15, 0.2) is 0 Å². The van der Waals surface area contributed by atoms with Gasteiger partial charge in [0.2, 0.25) is 0 Å². The summed E-state index contributed by atoms with van der Waals surface area (Å²) >= 11 is 0. The number of fused-ring (bicyclic) bond motifs is 1. The zero-order chi connectivity index (χ0) is 15.6. The average Bonchev–Trinajstić information content (AvgIpc) is 2.83. The van der Waals surface area contributed by atoms with Crippen LogP contribution in [0.15, 0.2) is 43.0 Å². The molecule has 0 spiro atoms. The van der Waals surface area contributed by atoms with Gasteiger partial charge in [0.25, 0.3) is 5.91 Å². The van der Waals surface area contributed by atoms with E-state index in [1.807, 2.05) is 30.3 Å². The van der Waals surface area contributed by atoms with Crippen molar-refractivity contribution in [2.75, 3.05) is 5.06 Å². The Labute approximate surface area is 130 Å². The Hall–Kier alpha value is -2.12. The molecule has 1 amide bonds. The smallest absolute Gasteiger partial charge is 0.260 e. The summed E-state index contributed by atoms with van der Waals surface area (Å²) in [7, 11) is 0. The van der Waals surface area contributed by atoms with Crippen LogP contribution in [0.1, 0.15) is 32.1 Å². The van der Waals surface area contributed by atoms with Crippen molar-refractivity contribution in [1.82, 2.24) is 0 Å². The Kier molecular flexibility index (Phi) is 4.00. The molecule has 0 radical (unpaired) electrons. The van der Waals surface area contributed by atoms with Crippen LogP contribution in [0.2, 0.25) is 0 Å². The molecule has 22 heavy (non-hydrogen) atoms. The van der Waals surface area contributed by atoms with Gasteiger partial charge in [-0.1, -0.05) is 30.7 Å². The van der Waals surface area contributed by atoms with Crippen molar-refractivity contribution in [3.8, 4) is 6.07 Å². The van der Waals surface area contributed by atoms with Crippen LogP contribution in [-0.4, -0.2) is 12.0 Å². The molecule has 1 aromatic carbocycles. The lowest BCUT2D eigenvalue weighted by Gasteiger charge is -2.38. The SMILES string of the molecule is C=CC[C@@]12CCCC(CC#N)C1ON(c1ccccc1)C2=O. The third-order valence-corrected chi connectivity index (χ3v) is 4.85. The first-order valence-electron chi connectivity index (χ1n) is 7.77. The highest BCUT2D eigenvalue weighted by atomic mass is 16.7. The fourth-order valence-electron chi connectivity index (χ4n) is 3.83. The molecule has 0 bridgehead atoms. The molecule has 1 aromatic rings. The first kappa shape index (κ1) is 14.8. The number of amides is 1. The second-order valence-corrected chi connectivity index (χ2v) is 6.12. The van der Waals surface area contributed by atoms with Gasteiger partial charge in [0, 0.05) is 12.3 Å². The van der Waals surface area contributed by atoms with E-state index in [-0.39, 0.29) is 17.9 Å². The first-order chi connectivity index (χ1) is 10.7. The number of hydroxylamine groups is 1. The van der Waals surface area contributed by atoms with Crippen LogP contribution >= 0.6 is 0 Å². The number of benzene rings is 1. The minimum absolute atomic E-state index is 0.00578. The highest BCUT2D eigenvalue weighted by Gasteiger charge is 2.59. The molecule has 2 unspecified atom stereocenters. The van der Waals surface area contributed by atoms with Crippen LogP contribution in [0.25, 0.3) is 0 Å².